The lowest BCUT2D eigenvalue weighted by atomic mass is 9.90. The van der Waals surface area contributed by atoms with Crippen LogP contribution >= 0.6 is 34.8 Å². The molecule has 1 heterocycles. The predicted octanol–water partition coefficient (Wildman–Crippen LogP) is 5.23. The van der Waals surface area contributed by atoms with Crippen LogP contribution in [-0.4, -0.2) is 23.5 Å². The van der Waals surface area contributed by atoms with Crippen LogP contribution in [0.3, 0.4) is 0 Å². The van der Waals surface area contributed by atoms with Crippen LogP contribution in [0.4, 0.5) is 10.1 Å². The third kappa shape index (κ3) is 3.45. The van der Waals surface area contributed by atoms with Gasteiger partial charge in [-0.25, -0.2) is 4.79 Å². The third-order valence-corrected chi connectivity index (χ3v) is 4.75. The SMILES string of the molecule is O=C(O)C1=NN(c2ccc(Cl)cc2Cl)C(c2ccc(Cl)cc2)C1CF. The number of benzene rings is 2. The molecular formula is C17H12Cl3FN2O2. The summed E-state index contributed by atoms with van der Waals surface area (Å²) in [6.07, 6.45) is 0. The van der Waals surface area contributed by atoms with E-state index in [-0.39, 0.29) is 5.71 Å². The zero-order valence-corrected chi connectivity index (χ0v) is 14.9. The van der Waals surface area contributed by atoms with E-state index in [4.69, 9.17) is 34.8 Å². The predicted molar refractivity (Wildman–Crippen MR) is 97.7 cm³/mol. The topological polar surface area (TPSA) is 52.9 Å². The van der Waals surface area contributed by atoms with Crippen LogP contribution in [0.25, 0.3) is 0 Å². The van der Waals surface area contributed by atoms with E-state index in [0.717, 1.165) is 0 Å². The van der Waals surface area contributed by atoms with Crippen molar-refractivity contribution in [1.82, 2.24) is 0 Å². The van der Waals surface area contributed by atoms with Crippen LogP contribution in [0.5, 0.6) is 0 Å². The first kappa shape index (κ1) is 18.0. The fourth-order valence-corrected chi connectivity index (χ4v) is 3.46. The van der Waals surface area contributed by atoms with Gasteiger partial charge in [-0.1, -0.05) is 46.9 Å². The Balaban J connectivity index is 2.13. The number of hydrogen-bond donors (Lipinski definition) is 1. The van der Waals surface area contributed by atoms with Crippen molar-refractivity contribution in [2.75, 3.05) is 11.7 Å². The normalized spacial score (nSPS) is 19.8. The number of carboxylic acid groups (broad SMARTS) is 1. The number of halogens is 4. The van der Waals surface area contributed by atoms with Crippen molar-refractivity contribution >= 4 is 52.2 Å². The molecule has 2 aromatic rings. The van der Waals surface area contributed by atoms with Gasteiger partial charge in [-0.3, -0.25) is 9.40 Å². The molecule has 3 rings (SSSR count). The van der Waals surface area contributed by atoms with E-state index >= 15 is 0 Å². The first-order chi connectivity index (χ1) is 11.9. The van der Waals surface area contributed by atoms with Crippen molar-refractivity contribution in [1.29, 1.82) is 0 Å². The minimum absolute atomic E-state index is 0.256. The molecule has 0 amide bonds. The maximum absolute atomic E-state index is 13.7. The molecule has 0 saturated carbocycles. The number of carboxylic acids is 1. The number of aliphatic carboxylic acids is 1. The molecule has 8 heteroatoms. The minimum Gasteiger partial charge on any atom is -0.477 e. The van der Waals surface area contributed by atoms with E-state index in [1.54, 1.807) is 36.4 Å². The van der Waals surface area contributed by atoms with Gasteiger partial charge in [0.2, 0.25) is 0 Å². The number of rotatable bonds is 4. The van der Waals surface area contributed by atoms with Gasteiger partial charge in [0.25, 0.3) is 0 Å². The summed E-state index contributed by atoms with van der Waals surface area (Å²) < 4.78 is 13.7. The van der Waals surface area contributed by atoms with Crippen molar-refractivity contribution in [3.63, 3.8) is 0 Å². The number of carbonyl (C=O) groups is 1. The fraction of sp³-hybridized carbons (Fsp3) is 0.176. The minimum atomic E-state index is -1.27. The quantitative estimate of drug-likeness (QED) is 0.763. The Morgan fingerprint density at radius 1 is 1.12 bits per heavy atom. The number of anilines is 1. The largest absolute Gasteiger partial charge is 0.477 e. The zero-order valence-electron chi connectivity index (χ0n) is 12.7. The summed E-state index contributed by atoms with van der Waals surface area (Å²) in [5.41, 5.74) is 0.868. The second kappa shape index (κ2) is 7.20. The summed E-state index contributed by atoms with van der Waals surface area (Å²) in [6.45, 7) is -0.875. The highest BCUT2D eigenvalue weighted by atomic mass is 35.5. The summed E-state index contributed by atoms with van der Waals surface area (Å²) in [5, 5.41) is 16.2. The second-order valence-electron chi connectivity index (χ2n) is 5.49. The van der Waals surface area contributed by atoms with E-state index in [1.807, 2.05) is 0 Å². The van der Waals surface area contributed by atoms with Crippen molar-refractivity contribution in [2.45, 2.75) is 6.04 Å². The van der Waals surface area contributed by atoms with Crippen molar-refractivity contribution < 1.29 is 14.3 Å². The van der Waals surface area contributed by atoms with E-state index < -0.39 is 24.6 Å². The Bertz CT molecular complexity index is 842. The molecule has 0 aromatic heterocycles. The molecule has 0 fully saturated rings. The summed E-state index contributed by atoms with van der Waals surface area (Å²) in [7, 11) is 0. The Kier molecular flexibility index (Phi) is 5.18. The lowest BCUT2D eigenvalue weighted by molar-refractivity contribution is -0.129. The molecule has 2 unspecified atom stereocenters. The highest BCUT2D eigenvalue weighted by Gasteiger charge is 2.42. The molecule has 0 saturated heterocycles. The van der Waals surface area contributed by atoms with Gasteiger partial charge in [0.05, 0.1) is 22.7 Å². The Morgan fingerprint density at radius 3 is 2.32 bits per heavy atom. The van der Waals surface area contributed by atoms with Crippen LogP contribution in [0, 0.1) is 5.92 Å². The molecule has 25 heavy (non-hydrogen) atoms. The van der Waals surface area contributed by atoms with Gasteiger partial charge < -0.3 is 5.11 Å². The molecule has 0 bridgehead atoms. The lowest BCUT2D eigenvalue weighted by Gasteiger charge is -2.28. The molecule has 2 atom stereocenters. The molecule has 0 spiro atoms. The van der Waals surface area contributed by atoms with Crippen LogP contribution < -0.4 is 5.01 Å². The summed E-state index contributed by atoms with van der Waals surface area (Å²) in [5.74, 6) is -2.21. The van der Waals surface area contributed by atoms with Crippen LogP contribution in [-0.2, 0) is 4.79 Å². The van der Waals surface area contributed by atoms with Crippen molar-refractivity contribution in [2.24, 2.45) is 11.0 Å². The molecule has 1 aliphatic rings. The molecule has 1 aliphatic heterocycles. The Labute approximate surface area is 158 Å². The van der Waals surface area contributed by atoms with E-state index in [2.05, 4.69) is 5.10 Å². The highest BCUT2D eigenvalue weighted by Crippen LogP contribution is 2.42. The Hall–Kier alpha value is -1.82. The summed E-state index contributed by atoms with van der Waals surface area (Å²) >= 11 is 18.1. The van der Waals surface area contributed by atoms with Crippen molar-refractivity contribution in [3.05, 3.63) is 63.1 Å². The number of nitrogens with zero attached hydrogens (tertiary/aromatic N) is 2. The van der Waals surface area contributed by atoms with E-state index in [9.17, 15) is 14.3 Å². The van der Waals surface area contributed by atoms with Crippen LogP contribution in [0.15, 0.2) is 47.6 Å². The average molecular weight is 402 g/mol. The smallest absolute Gasteiger partial charge is 0.352 e. The van der Waals surface area contributed by atoms with E-state index in [1.165, 1.54) is 11.1 Å². The van der Waals surface area contributed by atoms with Gasteiger partial charge in [0.1, 0.15) is 6.67 Å². The number of hydrogen-bond acceptors (Lipinski definition) is 3. The molecule has 0 radical (unpaired) electrons. The van der Waals surface area contributed by atoms with E-state index in [0.29, 0.717) is 26.3 Å². The molecule has 2 aromatic carbocycles. The summed E-state index contributed by atoms with van der Waals surface area (Å²) in [4.78, 5) is 11.5. The highest BCUT2D eigenvalue weighted by molar-refractivity contribution is 6.38. The maximum Gasteiger partial charge on any atom is 0.352 e. The first-order valence-electron chi connectivity index (χ1n) is 7.30. The lowest BCUT2D eigenvalue weighted by Crippen LogP contribution is -2.29. The van der Waals surface area contributed by atoms with Gasteiger partial charge >= 0.3 is 5.97 Å². The maximum atomic E-state index is 13.7. The van der Waals surface area contributed by atoms with Gasteiger partial charge in [0, 0.05) is 10.0 Å². The van der Waals surface area contributed by atoms with Gasteiger partial charge in [-0.2, -0.15) is 5.10 Å². The molecule has 130 valence electrons. The molecule has 0 aliphatic carbocycles. The number of alkyl halides is 1. The fourth-order valence-electron chi connectivity index (χ4n) is 2.84. The van der Waals surface area contributed by atoms with Crippen LogP contribution in [0.1, 0.15) is 11.6 Å². The molecule has 4 nitrogen and oxygen atoms in total. The van der Waals surface area contributed by atoms with Gasteiger partial charge in [-0.15, -0.1) is 0 Å². The summed E-state index contributed by atoms with van der Waals surface area (Å²) in [6, 6.07) is 10.8. The van der Waals surface area contributed by atoms with Gasteiger partial charge in [0.15, 0.2) is 5.71 Å². The molecular weight excluding hydrogens is 390 g/mol. The second-order valence-corrected chi connectivity index (χ2v) is 6.77. The average Bonchev–Trinajstić information content (AvgIpc) is 2.95. The third-order valence-electron chi connectivity index (χ3n) is 3.96. The first-order valence-corrected chi connectivity index (χ1v) is 8.43. The number of hydrazone groups is 1. The Morgan fingerprint density at radius 2 is 1.76 bits per heavy atom. The zero-order chi connectivity index (χ0) is 18.1. The van der Waals surface area contributed by atoms with Crippen LogP contribution in [0.2, 0.25) is 15.1 Å². The monoisotopic (exact) mass is 400 g/mol. The van der Waals surface area contributed by atoms with Crippen molar-refractivity contribution in [3.8, 4) is 0 Å². The van der Waals surface area contributed by atoms with Gasteiger partial charge in [-0.05, 0) is 35.9 Å². The molecule has 1 N–H and O–H groups in total. The standard InChI is InChI=1S/C17H12Cl3FN2O2/c18-10-3-1-9(2-4-10)16-12(8-21)15(17(24)25)22-23(16)14-6-5-11(19)7-13(14)20/h1-7,12,16H,8H2,(H,24,25).